The minimum Gasteiger partial charge on any atom is -0.381 e. The first-order valence-corrected chi connectivity index (χ1v) is 7.61. The van der Waals surface area contributed by atoms with Gasteiger partial charge in [0.15, 0.2) is 10.8 Å². The first-order valence-electron chi connectivity index (χ1n) is 6.17. The number of carbonyl (C=O) groups is 2. The highest BCUT2D eigenvalue weighted by Crippen LogP contribution is 2.30. The lowest BCUT2D eigenvalue weighted by Crippen LogP contribution is -2.49. The number of nitrogens with two attached hydrogens (primary N) is 1. The monoisotopic (exact) mass is 314 g/mol. The number of hydrogen-bond acceptors (Lipinski definition) is 6. The summed E-state index contributed by atoms with van der Waals surface area (Å²) in [6.45, 7) is -0.0157. The Bertz CT molecular complexity index is 721. The van der Waals surface area contributed by atoms with E-state index < -0.39 is 27.5 Å². The van der Waals surface area contributed by atoms with Crippen molar-refractivity contribution in [1.29, 1.82) is 0 Å². The molecule has 2 aliphatic heterocycles. The van der Waals surface area contributed by atoms with Gasteiger partial charge in [-0.25, -0.2) is 18.2 Å². The van der Waals surface area contributed by atoms with E-state index in [2.05, 4.69) is 15.6 Å². The van der Waals surface area contributed by atoms with Crippen LogP contribution in [-0.4, -0.2) is 52.8 Å². The molecule has 10 nitrogen and oxygen atoms in total. The normalized spacial score (nSPS) is 26.3. The Balaban J connectivity index is 1.93. The first-order chi connectivity index (χ1) is 9.76. The van der Waals surface area contributed by atoms with Gasteiger partial charge >= 0.3 is 6.03 Å². The van der Waals surface area contributed by atoms with Gasteiger partial charge in [0.25, 0.3) is 15.9 Å². The number of aryl methyl sites for hydroxylation is 1. The molecule has 11 heteroatoms. The zero-order valence-corrected chi connectivity index (χ0v) is 12.0. The number of urea groups is 1. The summed E-state index contributed by atoms with van der Waals surface area (Å²) >= 11 is 0. The van der Waals surface area contributed by atoms with Gasteiger partial charge in [0.05, 0.1) is 6.33 Å². The van der Waals surface area contributed by atoms with Crippen molar-refractivity contribution in [3.8, 4) is 0 Å². The quantitative estimate of drug-likeness (QED) is 0.538. The Morgan fingerprint density at radius 3 is 2.67 bits per heavy atom. The maximum absolute atomic E-state index is 12.6. The largest absolute Gasteiger partial charge is 0.381 e. The van der Waals surface area contributed by atoms with E-state index in [9.17, 15) is 18.0 Å². The van der Waals surface area contributed by atoms with Gasteiger partial charge in [-0.05, 0) is 6.42 Å². The van der Waals surface area contributed by atoms with Crippen LogP contribution in [0.1, 0.15) is 6.42 Å². The lowest BCUT2D eigenvalue weighted by molar-refractivity contribution is -0.123. The summed E-state index contributed by atoms with van der Waals surface area (Å²) in [6, 6.07) is -0.612. The highest BCUT2D eigenvalue weighted by atomic mass is 32.2. The van der Waals surface area contributed by atoms with Crippen LogP contribution in [0.3, 0.4) is 0 Å². The Morgan fingerprint density at radius 1 is 1.43 bits per heavy atom. The molecule has 4 N–H and O–H groups in total. The van der Waals surface area contributed by atoms with Crippen LogP contribution < -0.4 is 16.4 Å². The van der Waals surface area contributed by atoms with Crippen molar-refractivity contribution in [1.82, 2.24) is 24.5 Å². The van der Waals surface area contributed by atoms with Crippen molar-refractivity contribution in [2.24, 2.45) is 7.05 Å². The summed E-state index contributed by atoms with van der Waals surface area (Å²) in [5.41, 5.74) is 4.41. The number of carbonyl (C=O) groups excluding carboxylic acids is 2. The van der Waals surface area contributed by atoms with Crippen LogP contribution in [-0.2, 0) is 21.9 Å². The molecule has 2 saturated heterocycles. The number of hydrogen-bond donors (Lipinski definition) is 3. The van der Waals surface area contributed by atoms with Crippen molar-refractivity contribution in [3.63, 3.8) is 0 Å². The standard InChI is InChI=1S/C10H14N6O4S/c1-15-5-12-6(11)7(15)21(19,20)16-3-2-10(4-16)8(17)13-9(18)14-10/h5H,2-4,11H2,1H3,(H2,13,14,17,18). The van der Waals surface area contributed by atoms with Gasteiger partial charge in [-0.3, -0.25) is 10.1 Å². The van der Waals surface area contributed by atoms with Gasteiger partial charge in [0, 0.05) is 20.1 Å². The second-order valence-corrected chi connectivity index (χ2v) is 6.98. The highest BCUT2D eigenvalue weighted by molar-refractivity contribution is 7.89. The number of nitrogens with zero attached hydrogens (tertiary/aromatic N) is 3. The number of nitrogens with one attached hydrogen (secondary N) is 2. The first kappa shape index (κ1) is 13.8. The van der Waals surface area contributed by atoms with Crippen molar-refractivity contribution in [3.05, 3.63) is 6.33 Å². The zero-order chi connectivity index (χ0) is 15.4. The molecule has 1 aromatic heterocycles. The molecular weight excluding hydrogens is 300 g/mol. The molecule has 0 saturated carbocycles. The topological polar surface area (TPSA) is 139 Å². The van der Waals surface area contributed by atoms with Crippen molar-refractivity contribution in [2.45, 2.75) is 17.0 Å². The van der Waals surface area contributed by atoms with Crippen LogP contribution in [0.15, 0.2) is 11.4 Å². The van der Waals surface area contributed by atoms with Crippen molar-refractivity contribution >= 4 is 27.8 Å². The van der Waals surface area contributed by atoms with Gasteiger partial charge in [-0.1, -0.05) is 0 Å². The van der Waals surface area contributed by atoms with E-state index in [0.717, 1.165) is 4.31 Å². The third kappa shape index (κ3) is 1.88. The van der Waals surface area contributed by atoms with Crippen LogP contribution >= 0.6 is 0 Å². The van der Waals surface area contributed by atoms with Crippen molar-refractivity contribution in [2.75, 3.05) is 18.8 Å². The molecule has 0 aliphatic carbocycles. The van der Waals surface area contributed by atoms with Gasteiger partial charge in [-0.15, -0.1) is 0 Å². The summed E-state index contributed by atoms with van der Waals surface area (Å²) < 4.78 is 27.7. The number of aromatic nitrogens is 2. The van der Waals surface area contributed by atoms with E-state index in [1.54, 1.807) is 0 Å². The summed E-state index contributed by atoms with van der Waals surface area (Å²) in [7, 11) is -2.36. The Kier molecular flexibility index (Phi) is 2.75. The molecule has 1 unspecified atom stereocenters. The molecule has 1 atom stereocenters. The molecule has 1 spiro atoms. The Labute approximate surface area is 120 Å². The van der Waals surface area contributed by atoms with Crippen LogP contribution in [0.2, 0.25) is 0 Å². The summed E-state index contributed by atoms with van der Waals surface area (Å²) in [5, 5.41) is 4.50. The minimum atomic E-state index is -3.88. The van der Waals surface area contributed by atoms with Gasteiger partial charge in [0.2, 0.25) is 0 Å². The minimum absolute atomic E-state index is 0.0987. The average Bonchev–Trinajstić information content (AvgIpc) is 3.02. The summed E-state index contributed by atoms with van der Waals surface area (Å²) in [6.07, 6.45) is 1.51. The second kappa shape index (κ2) is 4.18. The van der Waals surface area contributed by atoms with Crippen LogP contribution in [0.25, 0.3) is 0 Å². The van der Waals surface area contributed by atoms with E-state index in [1.807, 2.05) is 0 Å². The molecule has 3 heterocycles. The fraction of sp³-hybridized carbons (Fsp3) is 0.500. The predicted octanol–water partition coefficient (Wildman–Crippen LogP) is -2.03. The molecular formula is C10H14N6O4S. The predicted molar refractivity (Wildman–Crippen MR) is 70.4 cm³/mol. The fourth-order valence-corrected chi connectivity index (χ4v) is 4.36. The number of anilines is 1. The molecule has 2 aliphatic rings. The third-order valence-electron chi connectivity index (χ3n) is 3.74. The number of imide groups is 1. The molecule has 3 rings (SSSR count). The van der Waals surface area contributed by atoms with Crippen LogP contribution in [0, 0.1) is 0 Å². The number of amides is 3. The van der Waals surface area contributed by atoms with E-state index in [0.29, 0.717) is 0 Å². The Hall–Kier alpha value is -2.14. The number of nitrogen functional groups attached to an aromatic ring is 1. The van der Waals surface area contributed by atoms with E-state index >= 15 is 0 Å². The molecule has 3 amide bonds. The smallest absolute Gasteiger partial charge is 0.322 e. The van der Waals surface area contributed by atoms with E-state index in [4.69, 9.17) is 5.73 Å². The van der Waals surface area contributed by atoms with Gasteiger partial charge in [-0.2, -0.15) is 4.31 Å². The molecule has 0 aromatic carbocycles. The molecule has 114 valence electrons. The second-order valence-electron chi connectivity index (χ2n) is 5.12. The maximum Gasteiger partial charge on any atom is 0.322 e. The van der Waals surface area contributed by atoms with Crippen LogP contribution in [0.5, 0.6) is 0 Å². The molecule has 0 bridgehead atoms. The number of rotatable bonds is 2. The lowest BCUT2D eigenvalue weighted by atomic mass is 10.00. The van der Waals surface area contributed by atoms with E-state index in [1.165, 1.54) is 17.9 Å². The fourth-order valence-electron chi connectivity index (χ4n) is 2.67. The molecule has 0 radical (unpaired) electrons. The summed E-state index contributed by atoms with van der Waals surface area (Å²) in [5.74, 6) is -0.610. The number of imidazole rings is 1. The van der Waals surface area contributed by atoms with Gasteiger partial charge in [0.1, 0.15) is 5.54 Å². The zero-order valence-electron chi connectivity index (χ0n) is 11.2. The van der Waals surface area contributed by atoms with Gasteiger partial charge < -0.3 is 15.6 Å². The maximum atomic E-state index is 12.6. The average molecular weight is 314 g/mol. The SMILES string of the molecule is Cn1cnc(N)c1S(=O)(=O)N1CCC2(C1)NC(=O)NC2=O. The van der Waals surface area contributed by atoms with Crippen LogP contribution in [0.4, 0.5) is 10.6 Å². The molecule has 21 heavy (non-hydrogen) atoms. The number of sulfonamides is 1. The third-order valence-corrected chi connectivity index (χ3v) is 5.72. The molecule has 2 fully saturated rings. The molecule has 1 aromatic rings. The van der Waals surface area contributed by atoms with E-state index in [-0.39, 0.29) is 30.4 Å². The highest BCUT2D eigenvalue weighted by Gasteiger charge is 2.53. The Morgan fingerprint density at radius 2 is 2.14 bits per heavy atom. The summed E-state index contributed by atoms with van der Waals surface area (Å²) in [4.78, 5) is 26.9. The lowest BCUT2D eigenvalue weighted by Gasteiger charge is -2.21. The van der Waals surface area contributed by atoms with Crippen molar-refractivity contribution < 1.29 is 18.0 Å².